The molecule has 0 spiro atoms. The molecule has 0 radical (unpaired) electrons. The van der Waals surface area contributed by atoms with Gasteiger partial charge >= 0.3 is 5.97 Å². The van der Waals surface area contributed by atoms with E-state index in [9.17, 15) is 9.59 Å². The second-order valence-electron chi connectivity index (χ2n) is 6.78. The topological polar surface area (TPSA) is 83.1 Å². The first-order chi connectivity index (χ1) is 14.5. The van der Waals surface area contributed by atoms with Crippen LogP contribution >= 0.6 is 0 Å². The maximum atomic E-state index is 12.0. The summed E-state index contributed by atoms with van der Waals surface area (Å²) in [6.07, 6.45) is 3.80. The number of hydrogen-bond acceptors (Lipinski definition) is 6. The lowest BCUT2D eigenvalue weighted by Crippen LogP contribution is -2.20. The fourth-order valence-electron chi connectivity index (χ4n) is 3.11. The van der Waals surface area contributed by atoms with Crippen LogP contribution in [0.2, 0.25) is 0 Å². The minimum Gasteiger partial charge on any atom is -0.497 e. The Morgan fingerprint density at radius 1 is 1.27 bits per heavy atom. The number of carbonyl (C=O) groups is 2. The lowest BCUT2D eigenvalue weighted by molar-refractivity contribution is -0.142. The maximum absolute atomic E-state index is 12.0. The predicted molar refractivity (Wildman–Crippen MR) is 113 cm³/mol. The smallest absolute Gasteiger partial charge is 0.331 e. The Morgan fingerprint density at radius 3 is 2.87 bits per heavy atom. The molecule has 7 heteroatoms. The molecular formula is C23H25NO6. The molecule has 1 aliphatic rings. The zero-order chi connectivity index (χ0) is 21.5. The minimum atomic E-state index is -0.631. The second kappa shape index (κ2) is 9.82. The first-order valence-corrected chi connectivity index (χ1v) is 9.73. The Hall–Kier alpha value is -3.48. The highest BCUT2D eigenvalue weighted by Gasteiger charge is 2.21. The van der Waals surface area contributed by atoms with E-state index in [4.69, 9.17) is 18.9 Å². The summed E-state index contributed by atoms with van der Waals surface area (Å²) in [7, 11) is 1.54. The van der Waals surface area contributed by atoms with Gasteiger partial charge in [0.05, 0.1) is 13.7 Å². The molecule has 1 atom stereocenters. The van der Waals surface area contributed by atoms with Gasteiger partial charge in [-0.3, -0.25) is 4.79 Å². The lowest BCUT2D eigenvalue weighted by Gasteiger charge is -2.10. The number of fused-ring (bicyclic) bond motifs is 1. The van der Waals surface area contributed by atoms with Crippen molar-refractivity contribution < 1.29 is 28.5 Å². The number of carbonyl (C=O) groups excluding carboxylic acids is 2. The lowest BCUT2D eigenvalue weighted by atomic mass is 10.1. The van der Waals surface area contributed by atoms with Crippen LogP contribution in [-0.2, 0) is 20.7 Å². The molecule has 0 bridgehead atoms. The number of methoxy groups -OCH3 is 1. The van der Waals surface area contributed by atoms with E-state index in [1.54, 1.807) is 37.5 Å². The fourth-order valence-corrected chi connectivity index (χ4v) is 3.11. The van der Waals surface area contributed by atoms with Gasteiger partial charge in [-0.05, 0) is 44.2 Å². The van der Waals surface area contributed by atoms with Gasteiger partial charge in [0.1, 0.15) is 23.4 Å². The van der Waals surface area contributed by atoms with Crippen molar-refractivity contribution in [3.8, 4) is 17.2 Å². The third-order valence-electron chi connectivity index (χ3n) is 4.43. The van der Waals surface area contributed by atoms with Crippen molar-refractivity contribution in [2.75, 3.05) is 25.6 Å². The Balaban J connectivity index is 1.58. The number of esters is 1. The number of hydrogen-bond donors (Lipinski definition) is 1. The summed E-state index contributed by atoms with van der Waals surface area (Å²) in [4.78, 5) is 24.0. The van der Waals surface area contributed by atoms with Crippen LogP contribution in [0.15, 0.2) is 42.5 Å². The highest BCUT2D eigenvalue weighted by atomic mass is 16.5. The molecule has 30 heavy (non-hydrogen) atoms. The van der Waals surface area contributed by atoms with Gasteiger partial charge in [-0.2, -0.15) is 0 Å². The van der Waals surface area contributed by atoms with Crippen molar-refractivity contribution in [1.29, 1.82) is 0 Å². The molecule has 1 amide bonds. The second-order valence-corrected chi connectivity index (χ2v) is 6.78. The van der Waals surface area contributed by atoms with Crippen LogP contribution in [0, 0.1) is 0 Å². The molecule has 7 nitrogen and oxygen atoms in total. The number of nitrogens with one attached hydrogen (secondary N) is 1. The minimum absolute atomic E-state index is 0.113. The van der Waals surface area contributed by atoms with Crippen LogP contribution in [0.25, 0.3) is 6.08 Å². The van der Waals surface area contributed by atoms with Crippen LogP contribution in [0.5, 0.6) is 17.2 Å². The van der Waals surface area contributed by atoms with E-state index < -0.39 is 18.5 Å². The first kappa shape index (κ1) is 21.2. The SMILES string of the molecule is CCOc1cc2c(cc1/C=C/C(=O)OCC(=O)Nc1cccc(OC)c1)O[C@@H](C)C2. The van der Waals surface area contributed by atoms with Gasteiger partial charge in [-0.15, -0.1) is 0 Å². The van der Waals surface area contributed by atoms with E-state index in [-0.39, 0.29) is 6.10 Å². The third-order valence-corrected chi connectivity index (χ3v) is 4.43. The van der Waals surface area contributed by atoms with Gasteiger partial charge in [-0.25, -0.2) is 4.79 Å². The molecule has 1 aliphatic heterocycles. The molecule has 158 valence electrons. The Bertz CT molecular complexity index is 953. The first-order valence-electron chi connectivity index (χ1n) is 9.73. The molecule has 2 aromatic rings. The molecule has 0 unspecified atom stereocenters. The summed E-state index contributed by atoms with van der Waals surface area (Å²) in [5.41, 5.74) is 2.35. The standard InChI is InChI=1S/C23H25NO6/c1-4-28-20-12-17-10-15(2)30-21(17)11-16(20)8-9-23(26)29-14-22(25)24-18-6-5-7-19(13-18)27-3/h5-9,11-13,15H,4,10,14H2,1-3H3,(H,24,25)/b9-8+/t15-/m0/s1. The summed E-state index contributed by atoms with van der Waals surface area (Å²) in [5, 5.41) is 2.65. The molecule has 0 saturated carbocycles. The quantitative estimate of drug-likeness (QED) is 0.528. The van der Waals surface area contributed by atoms with E-state index in [0.29, 0.717) is 29.4 Å². The highest BCUT2D eigenvalue weighted by molar-refractivity contribution is 5.94. The van der Waals surface area contributed by atoms with E-state index >= 15 is 0 Å². The van der Waals surface area contributed by atoms with E-state index in [1.807, 2.05) is 26.0 Å². The molecular weight excluding hydrogens is 386 g/mol. The van der Waals surface area contributed by atoms with E-state index in [0.717, 1.165) is 17.7 Å². The Labute approximate surface area is 175 Å². The normalized spacial score (nSPS) is 14.7. The van der Waals surface area contributed by atoms with Crippen molar-refractivity contribution in [2.45, 2.75) is 26.4 Å². The zero-order valence-corrected chi connectivity index (χ0v) is 17.3. The van der Waals surface area contributed by atoms with Gasteiger partial charge in [0.25, 0.3) is 5.91 Å². The van der Waals surface area contributed by atoms with Crippen LogP contribution in [0.1, 0.15) is 25.0 Å². The van der Waals surface area contributed by atoms with Crippen molar-refractivity contribution in [2.24, 2.45) is 0 Å². The Morgan fingerprint density at radius 2 is 2.10 bits per heavy atom. The van der Waals surface area contributed by atoms with Crippen molar-refractivity contribution in [3.05, 3.63) is 53.6 Å². The fraction of sp³-hybridized carbons (Fsp3) is 0.304. The molecule has 0 fully saturated rings. The number of anilines is 1. The summed E-state index contributed by atoms with van der Waals surface area (Å²) in [5.74, 6) is 1.00. The van der Waals surface area contributed by atoms with E-state index in [1.165, 1.54) is 6.08 Å². The van der Waals surface area contributed by atoms with Gasteiger partial charge in [0, 0.05) is 35.4 Å². The van der Waals surface area contributed by atoms with Gasteiger partial charge in [-0.1, -0.05) is 6.07 Å². The van der Waals surface area contributed by atoms with Crippen LogP contribution in [0.3, 0.4) is 0 Å². The predicted octanol–water partition coefficient (Wildman–Crippen LogP) is 3.61. The zero-order valence-electron chi connectivity index (χ0n) is 17.3. The monoisotopic (exact) mass is 411 g/mol. The van der Waals surface area contributed by atoms with Crippen LogP contribution in [0.4, 0.5) is 5.69 Å². The molecule has 2 aromatic carbocycles. The Kier molecular flexibility index (Phi) is 6.95. The largest absolute Gasteiger partial charge is 0.497 e. The molecule has 0 aliphatic carbocycles. The molecule has 0 aromatic heterocycles. The van der Waals surface area contributed by atoms with Crippen molar-refractivity contribution >= 4 is 23.6 Å². The summed E-state index contributed by atoms with van der Waals surface area (Å²) >= 11 is 0. The highest BCUT2D eigenvalue weighted by Crippen LogP contribution is 2.35. The number of ether oxygens (including phenoxy) is 4. The average molecular weight is 411 g/mol. The summed E-state index contributed by atoms with van der Waals surface area (Å²) in [6, 6.07) is 10.7. The van der Waals surface area contributed by atoms with Gasteiger partial charge in [0.15, 0.2) is 6.61 Å². The summed E-state index contributed by atoms with van der Waals surface area (Å²) < 4.78 is 21.6. The van der Waals surface area contributed by atoms with Gasteiger partial charge < -0.3 is 24.3 Å². The average Bonchev–Trinajstić information content (AvgIpc) is 3.09. The number of benzene rings is 2. The summed E-state index contributed by atoms with van der Waals surface area (Å²) in [6.45, 7) is 4.01. The molecule has 0 saturated heterocycles. The third kappa shape index (κ3) is 5.53. The number of amides is 1. The van der Waals surface area contributed by atoms with Crippen LogP contribution < -0.4 is 19.5 Å². The maximum Gasteiger partial charge on any atom is 0.331 e. The van der Waals surface area contributed by atoms with Crippen LogP contribution in [-0.4, -0.2) is 38.3 Å². The van der Waals surface area contributed by atoms with Gasteiger partial charge in [0.2, 0.25) is 0 Å². The van der Waals surface area contributed by atoms with Crippen molar-refractivity contribution in [1.82, 2.24) is 0 Å². The molecule has 1 heterocycles. The van der Waals surface area contributed by atoms with Crippen molar-refractivity contribution in [3.63, 3.8) is 0 Å². The molecule has 1 N–H and O–H groups in total. The molecule has 3 rings (SSSR count). The number of rotatable bonds is 8. The van der Waals surface area contributed by atoms with E-state index in [2.05, 4.69) is 5.32 Å².